The first kappa shape index (κ1) is 14.9. The lowest BCUT2D eigenvalue weighted by Gasteiger charge is -2.27. The third kappa shape index (κ3) is 3.22. The highest BCUT2D eigenvalue weighted by Crippen LogP contribution is 2.25. The Morgan fingerprint density at radius 2 is 1.83 bits per heavy atom. The second-order valence-corrected chi connectivity index (χ2v) is 7.07. The minimum Gasteiger partial charge on any atom is -0.394 e. The molecule has 0 aliphatic rings. The van der Waals surface area contributed by atoms with Gasteiger partial charge in [-0.15, -0.1) is 0 Å². The maximum Gasteiger partial charge on any atom is 0.244 e. The van der Waals surface area contributed by atoms with Gasteiger partial charge in [0, 0.05) is 14.1 Å². The molecule has 0 radical (unpaired) electrons. The van der Waals surface area contributed by atoms with Gasteiger partial charge in [0.05, 0.1) is 17.8 Å². The van der Waals surface area contributed by atoms with Crippen molar-refractivity contribution in [3.05, 3.63) is 24.3 Å². The van der Waals surface area contributed by atoms with E-state index in [-0.39, 0.29) is 11.5 Å². The summed E-state index contributed by atoms with van der Waals surface area (Å²) in [6.07, 6.45) is 0. The molecule has 0 atom stereocenters. The zero-order valence-corrected chi connectivity index (χ0v) is 12.0. The lowest BCUT2D eigenvalue weighted by atomic mass is 10.1. The molecule has 0 fully saturated rings. The van der Waals surface area contributed by atoms with Crippen LogP contribution >= 0.6 is 0 Å². The lowest BCUT2D eigenvalue weighted by molar-refractivity contribution is 0.234. The van der Waals surface area contributed by atoms with E-state index in [2.05, 4.69) is 5.32 Å². The Labute approximate surface area is 108 Å². The predicted octanol–water partition coefficient (Wildman–Crippen LogP) is 1.12. The molecule has 18 heavy (non-hydrogen) atoms. The first-order valence-corrected chi connectivity index (χ1v) is 7.05. The molecule has 6 heteroatoms. The topological polar surface area (TPSA) is 69.6 Å². The van der Waals surface area contributed by atoms with E-state index < -0.39 is 15.6 Å². The van der Waals surface area contributed by atoms with Crippen LogP contribution in [0.3, 0.4) is 0 Å². The summed E-state index contributed by atoms with van der Waals surface area (Å²) in [5.74, 6) is 0. The SMILES string of the molecule is CN(C)S(=O)(=O)c1ccccc1NC(C)(C)CO. The van der Waals surface area contributed by atoms with Crippen molar-refractivity contribution in [2.75, 3.05) is 26.0 Å². The minimum absolute atomic E-state index is 0.0939. The van der Waals surface area contributed by atoms with E-state index in [1.54, 1.807) is 38.1 Å². The number of sulfonamides is 1. The Bertz CT molecular complexity index is 510. The second kappa shape index (κ2) is 5.26. The van der Waals surface area contributed by atoms with Gasteiger partial charge in [-0.05, 0) is 26.0 Å². The quantitative estimate of drug-likeness (QED) is 0.843. The highest BCUT2D eigenvalue weighted by Gasteiger charge is 2.24. The summed E-state index contributed by atoms with van der Waals surface area (Å²) < 4.78 is 25.5. The summed E-state index contributed by atoms with van der Waals surface area (Å²) in [6.45, 7) is 3.50. The number of benzene rings is 1. The fourth-order valence-electron chi connectivity index (χ4n) is 1.40. The third-order valence-corrected chi connectivity index (χ3v) is 4.39. The van der Waals surface area contributed by atoms with Crippen LogP contribution in [-0.4, -0.2) is 44.1 Å². The van der Waals surface area contributed by atoms with E-state index in [9.17, 15) is 13.5 Å². The largest absolute Gasteiger partial charge is 0.394 e. The minimum atomic E-state index is -3.50. The second-order valence-electron chi connectivity index (χ2n) is 4.95. The van der Waals surface area contributed by atoms with Gasteiger partial charge in [-0.1, -0.05) is 12.1 Å². The summed E-state index contributed by atoms with van der Waals surface area (Å²) >= 11 is 0. The van der Waals surface area contributed by atoms with Crippen LogP contribution in [-0.2, 0) is 10.0 Å². The van der Waals surface area contributed by atoms with E-state index in [0.717, 1.165) is 0 Å². The molecule has 0 bridgehead atoms. The molecule has 0 aliphatic carbocycles. The highest BCUT2D eigenvalue weighted by molar-refractivity contribution is 7.89. The zero-order valence-electron chi connectivity index (χ0n) is 11.1. The molecule has 0 amide bonds. The summed E-state index contributed by atoms with van der Waals surface area (Å²) in [5, 5.41) is 12.3. The third-order valence-electron chi connectivity index (χ3n) is 2.51. The summed E-state index contributed by atoms with van der Waals surface area (Å²) in [4.78, 5) is 0.205. The maximum atomic E-state index is 12.2. The molecular formula is C12H20N2O3S. The van der Waals surface area contributed by atoms with Crippen LogP contribution in [0.5, 0.6) is 0 Å². The number of hydrogen-bond donors (Lipinski definition) is 2. The molecule has 0 heterocycles. The van der Waals surface area contributed by atoms with Gasteiger partial charge < -0.3 is 10.4 Å². The van der Waals surface area contributed by atoms with E-state index in [1.165, 1.54) is 18.4 Å². The van der Waals surface area contributed by atoms with Gasteiger partial charge in [-0.25, -0.2) is 12.7 Å². The Morgan fingerprint density at radius 3 is 2.33 bits per heavy atom. The van der Waals surface area contributed by atoms with Crippen molar-refractivity contribution in [1.29, 1.82) is 0 Å². The molecule has 0 saturated heterocycles. The predicted molar refractivity (Wildman–Crippen MR) is 72.1 cm³/mol. The Kier molecular flexibility index (Phi) is 4.37. The maximum absolute atomic E-state index is 12.2. The van der Waals surface area contributed by atoms with Crippen molar-refractivity contribution < 1.29 is 13.5 Å². The Hall–Kier alpha value is -1.11. The summed E-state index contributed by atoms with van der Waals surface area (Å²) in [6, 6.07) is 6.66. The Balaban J connectivity index is 3.24. The number of nitrogens with one attached hydrogen (secondary N) is 1. The summed E-state index contributed by atoms with van der Waals surface area (Å²) in [7, 11) is -0.520. The highest BCUT2D eigenvalue weighted by atomic mass is 32.2. The van der Waals surface area contributed by atoms with Gasteiger partial charge >= 0.3 is 0 Å². The standard InChI is InChI=1S/C12H20N2O3S/c1-12(2,9-15)13-10-7-5-6-8-11(10)18(16,17)14(3)4/h5-8,13,15H,9H2,1-4H3. The first-order chi connectivity index (χ1) is 8.20. The molecular weight excluding hydrogens is 252 g/mol. The van der Waals surface area contributed by atoms with Crippen LogP contribution in [0.1, 0.15) is 13.8 Å². The van der Waals surface area contributed by atoms with Crippen LogP contribution < -0.4 is 5.32 Å². The van der Waals surface area contributed by atoms with Gasteiger partial charge in [0.2, 0.25) is 10.0 Å². The number of aliphatic hydroxyl groups excluding tert-OH is 1. The normalized spacial score (nSPS) is 12.8. The van der Waals surface area contributed by atoms with Crippen molar-refractivity contribution in [2.45, 2.75) is 24.3 Å². The van der Waals surface area contributed by atoms with Crippen LogP contribution in [0.4, 0.5) is 5.69 Å². The fraction of sp³-hybridized carbons (Fsp3) is 0.500. The smallest absolute Gasteiger partial charge is 0.244 e. The van der Waals surface area contributed by atoms with Crippen LogP contribution in [0.25, 0.3) is 0 Å². The van der Waals surface area contributed by atoms with Crippen LogP contribution in [0.2, 0.25) is 0 Å². The monoisotopic (exact) mass is 272 g/mol. The van der Waals surface area contributed by atoms with Gasteiger partial charge in [-0.2, -0.15) is 0 Å². The van der Waals surface area contributed by atoms with E-state index in [0.29, 0.717) is 5.69 Å². The molecule has 0 aromatic heterocycles. The molecule has 1 rings (SSSR count). The molecule has 5 nitrogen and oxygen atoms in total. The molecule has 0 saturated carbocycles. The molecule has 1 aromatic carbocycles. The van der Waals surface area contributed by atoms with E-state index in [1.807, 2.05) is 0 Å². The first-order valence-electron chi connectivity index (χ1n) is 5.61. The van der Waals surface area contributed by atoms with Crippen molar-refractivity contribution in [1.82, 2.24) is 4.31 Å². The zero-order chi connectivity index (χ0) is 14.0. The van der Waals surface area contributed by atoms with Crippen molar-refractivity contribution >= 4 is 15.7 Å². The van der Waals surface area contributed by atoms with Crippen LogP contribution in [0, 0.1) is 0 Å². The van der Waals surface area contributed by atoms with Crippen molar-refractivity contribution in [3.8, 4) is 0 Å². The Morgan fingerprint density at radius 1 is 1.28 bits per heavy atom. The molecule has 0 aliphatic heterocycles. The number of hydrogen-bond acceptors (Lipinski definition) is 4. The number of aliphatic hydroxyl groups is 1. The molecule has 1 aromatic rings. The van der Waals surface area contributed by atoms with Gasteiger partial charge in [0.15, 0.2) is 0 Å². The van der Waals surface area contributed by atoms with Crippen LogP contribution in [0.15, 0.2) is 29.2 Å². The molecule has 2 N–H and O–H groups in total. The number of rotatable bonds is 5. The summed E-state index contributed by atoms with van der Waals surface area (Å²) in [5.41, 5.74) is -0.0944. The molecule has 102 valence electrons. The van der Waals surface area contributed by atoms with Crippen molar-refractivity contribution in [3.63, 3.8) is 0 Å². The van der Waals surface area contributed by atoms with Gasteiger partial charge in [0.1, 0.15) is 4.90 Å². The van der Waals surface area contributed by atoms with E-state index in [4.69, 9.17) is 0 Å². The number of nitrogens with zero attached hydrogens (tertiary/aromatic N) is 1. The van der Waals surface area contributed by atoms with E-state index >= 15 is 0 Å². The molecule has 0 unspecified atom stereocenters. The molecule has 0 spiro atoms. The number of anilines is 1. The van der Waals surface area contributed by atoms with Gasteiger partial charge in [0.25, 0.3) is 0 Å². The average molecular weight is 272 g/mol. The fourth-order valence-corrected chi connectivity index (χ4v) is 2.44. The van der Waals surface area contributed by atoms with Crippen molar-refractivity contribution in [2.24, 2.45) is 0 Å². The average Bonchev–Trinajstić information content (AvgIpc) is 2.29. The number of para-hydroxylation sites is 1. The van der Waals surface area contributed by atoms with Gasteiger partial charge in [-0.3, -0.25) is 0 Å². The lowest BCUT2D eigenvalue weighted by Crippen LogP contribution is -2.36.